The SMILES string of the molecule is CC[C@@]1(O)C(=O)OCc2c1cc1n(c2=O)Cc2c-1nc1cc(F)c(C)c3c1c2C(NCCO)CC3. The van der Waals surface area contributed by atoms with Crippen molar-refractivity contribution in [3.05, 3.63) is 61.7 Å². The molecule has 1 unspecified atom stereocenters. The molecule has 0 radical (unpaired) electrons. The number of benzene rings is 1. The highest BCUT2D eigenvalue weighted by Gasteiger charge is 2.45. The fourth-order valence-corrected chi connectivity index (χ4v) is 6.00. The molecule has 0 saturated carbocycles. The van der Waals surface area contributed by atoms with Crippen molar-refractivity contribution in [1.29, 1.82) is 0 Å². The lowest BCUT2D eigenvalue weighted by atomic mass is 9.81. The molecule has 6 rings (SSSR count). The van der Waals surface area contributed by atoms with E-state index in [1.807, 2.05) is 0 Å². The van der Waals surface area contributed by atoms with E-state index in [9.17, 15) is 24.2 Å². The number of rotatable bonds is 4. The molecule has 3 aromatic rings. The maximum atomic E-state index is 14.9. The first kappa shape index (κ1) is 22.3. The van der Waals surface area contributed by atoms with Crippen molar-refractivity contribution >= 4 is 16.9 Å². The molecule has 2 aliphatic heterocycles. The number of aliphatic hydroxyl groups excluding tert-OH is 1. The molecule has 3 aliphatic rings. The van der Waals surface area contributed by atoms with Gasteiger partial charge in [-0.3, -0.25) is 4.79 Å². The van der Waals surface area contributed by atoms with Gasteiger partial charge in [0.15, 0.2) is 5.60 Å². The summed E-state index contributed by atoms with van der Waals surface area (Å²) >= 11 is 0. The number of fused-ring (bicyclic) bond motifs is 5. The number of halogens is 1. The normalized spacial score (nSPS) is 22.1. The molecule has 0 saturated heterocycles. The Labute approximate surface area is 200 Å². The van der Waals surface area contributed by atoms with E-state index < -0.39 is 11.6 Å². The van der Waals surface area contributed by atoms with Gasteiger partial charge in [0.25, 0.3) is 5.56 Å². The number of esters is 1. The highest BCUT2D eigenvalue weighted by molar-refractivity contribution is 5.93. The molecule has 35 heavy (non-hydrogen) atoms. The lowest BCUT2D eigenvalue weighted by Crippen LogP contribution is -2.44. The van der Waals surface area contributed by atoms with Gasteiger partial charge in [-0.25, -0.2) is 14.2 Å². The number of aromatic nitrogens is 2. The first-order valence-electron chi connectivity index (χ1n) is 12.0. The Bertz CT molecular complexity index is 1500. The quantitative estimate of drug-likeness (QED) is 0.384. The second-order valence-corrected chi connectivity index (χ2v) is 9.58. The maximum absolute atomic E-state index is 14.9. The summed E-state index contributed by atoms with van der Waals surface area (Å²) in [4.78, 5) is 30.8. The van der Waals surface area contributed by atoms with Crippen LogP contribution in [0.15, 0.2) is 16.9 Å². The molecule has 0 spiro atoms. The van der Waals surface area contributed by atoms with E-state index in [0.29, 0.717) is 35.4 Å². The molecule has 0 fully saturated rings. The first-order chi connectivity index (χ1) is 16.8. The van der Waals surface area contributed by atoms with Crippen molar-refractivity contribution in [2.45, 2.75) is 57.9 Å². The number of hydrogen-bond acceptors (Lipinski definition) is 7. The smallest absolute Gasteiger partial charge is 0.343 e. The van der Waals surface area contributed by atoms with Gasteiger partial charge in [0.2, 0.25) is 0 Å². The number of aliphatic hydroxyl groups is 2. The third kappa shape index (κ3) is 2.92. The van der Waals surface area contributed by atoms with Crippen LogP contribution in [0.25, 0.3) is 22.3 Å². The van der Waals surface area contributed by atoms with Crippen molar-refractivity contribution in [3.63, 3.8) is 0 Å². The van der Waals surface area contributed by atoms with Crippen LogP contribution in [0.2, 0.25) is 0 Å². The van der Waals surface area contributed by atoms with Gasteiger partial charge in [0, 0.05) is 35.2 Å². The third-order valence-corrected chi connectivity index (χ3v) is 7.88. The number of cyclic esters (lactones) is 1. The van der Waals surface area contributed by atoms with Crippen molar-refractivity contribution in [2.24, 2.45) is 0 Å². The number of hydrogen-bond donors (Lipinski definition) is 3. The molecule has 9 heteroatoms. The minimum Gasteiger partial charge on any atom is -0.458 e. The fraction of sp³-hybridized carbons (Fsp3) is 0.423. The zero-order chi connectivity index (χ0) is 24.6. The van der Waals surface area contributed by atoms with E-state index in [1.165, 1.54) is 6.07 Å². The highest BCUT2D eigenvalue weighted by atomic mass is 19.1. The van der Waals surface area contributed by atoms with Gasteiger partial charge in [-0.2, -0.15) is 0 Å². The number of aryl methyl sites for hydroxylation is 1. The molecule has 1 aliphatic carbocycles. The number of nitrogens with zero attached hydrogens (tertiary/aromatic N) is 2. The number of carbonyl (C=O) groups is 1. The van der Waals surface area contributed by atoms with Crippen LogP contribution in [0.4, 0.5) is 4.39 Å². The summed E-state index contributed by atoms with van der Waals surface area (Å²) in [5.41, 5.74) is 3.21. The zero-order valence-electron chi connectivity index (χ0n) is 19.6. The van der Waals surface area contributed by atoms with Crippen LogP contribution < -0.4 is 10.9 Å². The lowest BCUT2D eigenvalue weighted by Gasteiger charge is -2.31. The Morgan fingerprint density at radius 3 is 2.83 bits per heavy atom. The molecule has 4 heterocycles. The minimum atomic E-state index is -1.90. The summed E-state index contributed by atoms with van der Waals surface area (Å²) in [6.45, 7) is 3.92. The summed E-state index contributed by atoms with van der Waals surface area (Å²) < 4.78 is 21.6. The van der Waals surface area contributed by atoms with Crippen LogP contribution in [-0.2, 0) is 34.7 Å². The Morgan fingerprint density at radius 2 is 2.09 bits per heavy atom. The second-order valence-electron chi connectivity index (χ2n) is 9.58. The number of carbonyl (C=O) groups excluding carboxylic acids is 1. The molecule has 1 aromatic carbocycles. The van der Waals surface area contributed by atoms with Crippen LogP contribution in [0.1, 0.15) is 59.2 Å². The maximum Gasteiger partial charge on any atom is 0.343 e. The minimum absolute atomic E-state index is 0.0156. The van der Waals surface area contributed by atoms with E-state index in [4.69, 9.17) is 9.72 Å². The van der Waals surface area contributed by atoms with Crippen molar-refractivity contribution in [2.75, 3.05) is 13.2 Å². The summed E-state index contributed by atoms with van der Waals surface area (Å²) in [7, 11) is 0. The van der Waals surface area contributed by atoms with Gasteiger partial charge < -0.3 is 24.8 Å². The van der Waals surface area contributed by atoms with Gasteiger partial charge >= 0.3 is 5.97 Å². The first-order valence-corrected chi connectivity index (χ1v) is 12.0. The van der Waals surface area contributed by atoms with Gasteiger partial charge in [-0.05, 0) is 48.9 Å². The molecular formula is C26H26FN3O5. The van der Waals surface area contributed by atoms with E-state index in [0.717, 1.165) is 28.5 Å². The Kier molecular flexibility index (Phi) is 4.90. The van der Waals surface area contributed by atoms with E-state index in [1.54, 1.807) is 24.5 Å². The number of nitrogens with one attached hydrogen (secondary N) is 1. The van der Waals surface area contributed by atoms with Gasteiger partial charge in [-0.15, -0.1) is 0 Å². The molecule has 8 nitrogen and oxygen atoms in total. The van der Waals surface area contributed by atoms with Crippen molar-refractivity contribution < 1.29 is 24.1 Å². The lowest BCUT2D eigenvalue weighted by molar-refractivity contribution is -0.172. The largest absolute Gasteiger partial charge is 0.458 e. The Balaban J connectivity index is 1.66. The highest BCUT2D eigenvalue weighted by Crippen LogP contribution is 2.45. The summed E-state index contributed by atoms with van der Waals surface area (Å²) in [5, 5.41) is 24.8. The monoisotopic (exact) mass is 479 g/mol. The molecule has 182 valence electrons. The van der Waals surface area contributed by atoms with Crippen LogP contribution in [0, 0.1) is 12.7 Å². The molecule has 0 amide bonds. The molecule has 3 N–H and O–H groups in total. The predicted molar refractivity (Wildman–Crippen MR) is 125 cm³/mol. The molecular weight excluding hydrogens is 453 g/mol. The van der Waals surface area contributed by atoms with Crippen LogP contribution in [-0.4, -0.2) is 38.9 Å². The van der Waals surface area contributed by atoms with Crippen LogP contribution in [0.3, 0.4) is 0 Å². The van der Waals surface area contributed by atoms with Gasteiger partial charge in [0.1, 0.15) is 12.4 Å². The third-order valence-electron chi connectivity index (χ3n) is 7.88. The zero-order valence-corrected chi connectivity index (χ0v) is 19.6. The molecule has 2 atom stereocenters. The number of ether oxygens (including phenoxy) is 1. The Hall–Kier alpha value is -3.14. The van der Waals surface area contributed by atoms with Gasteiger partial charge in [-0.1, -0.05) is 6.92 Å². The molecule has 2 aromatic heterocycles. The van der Waals surface area contributed by atoms with Crippen LogP contribution >= 0.6 is 0 Å². The molecule has 0 bridgehead atoms. The second kappa shape index (κ2) is 7.68. The van der Waals surface area contributed by atoms with Crippen molar-refractivity contribution in [1.82, 2.24) is 14.9 Å². The van der Waals surface area contributed by atoms with E-state index in [2.05, 4.69) is 5.32 Å². The van der Waals surface area contributed by atoms with Crippen LogP contribution in [0.5, 0.6) is 0 Å². The van der Waals surface area contributed by atoms with Crippen molar-refractivity contribution in [3.8, 4) is 11.4 Å². The summed E-state index contributed by atoms with van der Waals surface area (Å²) in [6, 6.07) is 3.02. The van der Waals surface area contributed by atoms with E-state index in [-0.39, 0.29) is 54.7 Å². The van der Waals surface area contributed by atoms with Gasteiger partial charge in [0.05, 0.1) is 35.6 Å². The Morgan fingerprint density at radius 1 is 1.29 bits per heavy atom. The summed E-state index contributed by atoms with van der Waals surface area (Å²) in [6.07, 6.45) is 1.47. The fourth-order valence-electron chi connectivity index (χ4n) is 6.00. The average molecular weight is 480 g/mol. The standard InChI is InChI=1S/C26H26FN3O5/c1-3-26(34)16-8-20-23-14(10-30(20)24(32)15(16)11-35-25(26)33)22-18(28-6-7-31)5-4-13-12(2)17(27)9-19(29-23)21(13)22/h8-9,18,28,31,34H,3-7,10-11H2,1-2H3/t18?,26-/m0/s1. The topological polar surface area (TPSA) is 114 Å². The predicted octanol–water partition coefficient (Wildman–Crippen LogP) is 2.10. The van der Waals surface area contributed by atoms with E-state index >= 15 is 0 Å². The average Bonchev–Trinajstić information content (AvgIpc) is 3.22. The summed E-state index contributed by atoms with van der Waals surface area (Å²) in [5.74, 6) is -1.09. The number of pyridine rings is 2.